The van der Waals surface area contributed by atoms with E-state index >= 15 is 0 Å². The highest BCUT2D eigenvalue weighted by molar-refractivity contribution is 5.91. The average molecular weight is 487 g/mol. The number of anilines is 1. The van der Waals surface area contributed by atoms with Crippen LogP contribution in [0.1, 0.15) is 32.1 Å². The number of rotatable bonds is 8. The van der Waals surface area contributed by atoms with Crippen LogP contribution >= 0.6 is 0 Å². The fourth-order valence-corrected chi connectivity index (χ4v) is 4.34. The predicted octanol–water partition coefficient (Wildman–Crippen LogP) is 5.41. The molecule has 0 bridgehead atoms. The number of para-hydroxylation sites is 3. The average Bonchev–Trinajstić information content (AvgIpc) is 2.92. The van der Waals surface area contributed by atoms with Gasteiger partial charge in [0.25, 0.3) is 5.56 Å². The second-order valence-electron chi connectivity index (χ2n) is 8.17. The van der Waals surface area contributed by atoms with Crippen LogP contribution in [0.25, 0.3) is 16.6 Å². The number of nitrogens with one attached hydrogen (secondary N) is 1. The Balaban J connectivity index is 1.84. The van der Waals surface area contributed by atoms with Crippen molar-refractivity contribution < 1.29 is 14.3 Å². The highest BCUT2D eigenvalue weighted by Gasteiger charge is 2.28. The summed E-state index contributed by atoms with van der Waals surface area (Å²) in [7, 11) is 3.15. The first-order valence-electron chi connectivity index (χ1n) is 11.9. The maximum atomic E-state index is 13.7. The second-order valence-corrected chi connectivity index (χ2v) is 8.17. The maximum absolute atomic E-state index is 13.7. The van der Waals surface area contributed by atoms with E-state index in [4.69, 9.17) is 14.5 Å². The number of benzene rings is 3. The number of carbonyl (C=O) groups excluding carboxylic acids is 1. The molecule has 0 spiro atoms. The molecule has 0 fully saturated rings. The van der Waals surface area contributed by atoms with Crippen LogP contribution in [0, 0.1) is 0 Å². The third kappa shape index (κ3) is 4.75. The lowest BCUT2D eigenvalue weighted by Crippen LogP contribution is -2.40. The van der Waals surface area contributed by atoms with Gasteiger partial charge in [0, 0.05) is 6.54 Å². The summed E-state index contributed by atoms with van der Waals surface area (Å²) in [5.74, 6) is 1.73. The van der Waals surface area contributed by atoms with E-state index in [1.807, 2.05) is 56.3 Å². The van der Waals surface area contributed by atoms with Gasteiger partial charge in [-0.1, -0.05) is 31.2 Å². The Labute approximate surface area is 210 Å². The smallest absolute Gasteiger partial charge is 0.322 e. The quantitative estimate of drug-likeness (QED) is 0.360. The van der Waals surface area contributed by atoms with Gasteiger partial charge >= 0.3 is 6.03 Å². The molecular formula is C28H30N4O4. The number of nitrogens with zero attached hydrogens (tertiary/aromatic N) is 3. The highest BCUT2D eigenvalue weighted by Crippen LogP contribution is 2.29. The molecule has 8 heteroatoms. The first-order valence-corrected chi connectivity index (χ1v) is 11.9. The van der Waals surface area contributed by atoms with E-state index in [1.165, 1.54) is 0 Å². The van der Waals surface area contributed by atoms with E-state index in [2.05, 4.69) is 5.32 Å². The molecule has 3 aromatic carbocycles. The monoisotopic (exact) mass is 486 g/mol. The maximum Gasteiger partial charge on any atom is 0.322 e. The number of hydrogen-bond acceptors (Lipinski definition) is 5. The van der Waals surface area contributed by atoms with Crippen LogP contribution in [0.3, 0.4) is 0 Å². The molecule has 4 aromatic rings. The van der Waals surface area contributed by atoms with Crippen LogP contribution in [-0.4, -0.2) is 41.2 Å². The van der Waals surface area contributed by atoms with Crippen LogP contribution in [0.5, 0.6) is 11.5 Å². The molecule has 8 nitrogen and oxygen atoms in total. The predicted molar refractivity (Wildman–Crippen MR) is 141 cm³/mol. The van der Waals surface area contributed by atoms with Gasteiger partial charge in [-0.3, -0.25) is 9.36 Å². The lowest BCUT2D eigenvalue weighted by Gasteiger charge is -2.31. The first kappa shape index (κ1) is 24.8. The molecule has 0 aliphatic rings. The topological polar surface area (TPSA) is 85.7 Å². The Hall–Kier alpha value is -4.33. The van der Waals surface area contributed by atoms with Crippen molar-refractivity contribution in [2.75, 3.05) is 26.1 Å². The molecule has 186 valence electrons. The number of carbonyl (C=O) groups is 1. The normalized spacial score (nSPS) is 11.7. The van der Waals surface area contributed by atoms with Gasteiger partial charge in [-0.15, -0.1) is 0 Å². The lowest BCUT2D eigenvalue weighted by molar-refractivity contribution is 0.185. The van der Waals surface area contributed by atoms with Gasteiger partial charge in [0.05, 0.1) is 42.5 Å². The summed E-state index contributed by atoms with van der Waals surface area (Å²) in [5.41, 5.74) is 1.60. The Morgan fingerprint density at radius 3 is 2.33 bits per heavy atom. The largest absolute Gasteiger partial charge is 0.497 e. The molecule has 1 unspecified atom stereocenters. The van der Waals surface area contributed by atoms with Gasteiger partial charge in [-0.25, -0.2) is 9.78 Å². The van der Waals surface area contributed by atoms with Crippen molar-refractivity contribution in [3.05, 3.63) is 89.0 Å². The molecule has 0 saturated carbocycles. The minimum Gasteiger partial charge on any atom is -0.497 e. The van der Waals surface area contributed by atoms with Crippen LogP contribution in [0.4, 0.5) is 10.5 Å². The molecule has 2 amide bonds. The minimum absolute atomic E-state index is 0.194. The highest BCUT2D eigenvalue weighted by atomic mass is 16.5. The lowest BCUT2D eigenvalue weighted by atomic mass is 10.1. The number of fused-ring (bicyclic) bond motifs is 1. The van der Waals surface area contributed by atoms with Gasteiger partial charge in [0.15, 0.2) is 0 Å². The van der Waals surface area contributed by atoms with Crippen molar-refractivity contribution >= 4 is 22.6 Å². The molecule has 1 aromatic heterocycles. The van der Waals surface area contributed by atoms with Gasteiger partial charge < -0.3 is 19.7 Å². The van der Waals surface area contributed by atoms with Gasteiger partial charge in [-0.2, -0.15) is 0 Å². The summed E-state index contributed by atoms with van der Waals surface area (Å²) in [4.78, 5) is 33.8. The van der Waals surface area contributed by atoms with Crippen LogP contribution in [0.2, 0.25) is 0 Å². The van der Waals surface area contributed by atoms with E-state index in [1.54, 1.807) is 54.0 Å². The molecule has 0 saturated heterocycles. The van der Waals surface area contributed by atoms with Crippen molar-refractivity contribution in [1.29, 1.82) is 0 Å². The number of hydrogen-bond donors (Lipinski definition) is 1. The summed E-state index contributed by atoms with van der Waals surface area (Å²) in [6, 6.07) is 21.0. The molecule has 1 atom stereocenters. The molecule has 0 radical (unpaired) electrons. The Morgan fingerprint density at radius 1 is 0.972 bits per heavy atom. The fourth-order valence-electron chi connectivity index (χ4n) is 4.34. The zero-order valence-electron chi connectivity index (χ0n) is 20.9. The standard InChI is InChI=1S/C28H30N4O4/c1-5-24(31(6-2)28(34)30-23-13-9-10-14-25(23)36-4)26-29-22-12-8-7-11-21(22)27(33)32(26)19-15-17-20(35-3)18-16-19/h7-18,24H,5-6H2,1-4H3,(H,30,34). The van der Waals surface area contributed by atoms with E-state index in [9.17, 15) is 9.59 Å². The number of ether oxygens (including phenoxy) is 2. The van der Waals surface area contributed by atoms with Gasteiger partial charge in [0.1, 0.15) is 17.3 Å². The van der Waals surface area contributed by atoms with E-state index in [0.29, 0.717) is 52.6 Å². The van der Waals surface area contributed by atoms with Crippen molar-refractivity contribution in [3.8, 4) is 17.2 Å². The zero-order valence-corrected chi connectivity index (χ0v) is 20.9. The fraction of sp³-hybridized carbons (Fsp3) is 0.250. The SMILES string of the molecule is CCC(c1nc2ccccc2c(=O)n1-c1ccc(OC)cc1)N(CC)C(=O)Nc1ccccc1OC. The second kappa shape index (κ2) is 10.9. The van der Waals surface area contributed by atoms with E-state index in [-0.39, 0.29) is 11.6 Å². The number of amides is 2. The number of aromatic nitrogens is 2. The summed E-state index contributed by atoms with van der Waals surface area (Å²) in [6.45, 7) is 4.29. The Morgan fingerprint density at radius 2 is 1.67 bits per heavy atom. The summed E-state index contributed by atoms with van der Waals surface area (Å²) in [6.07, 6.45) is 0.550. The molecule has 36 heavy (non-hydrogen) atoms. The van der Waals surface area contributed by atoms with Gasteiger partial charge in [0.2, 0.25) is 0 Å². The summed E-state index contributed by atoms with van der Waals surface area (Å²) >= 11 is 0. The number of methoxy groups -OCH3 is 2. The Bertz CT molecular complexity index is 1420. The van der Waals surface area contributed by atoms with Crippen molar-refractivity contribution in [2.24, 2.45) is 0 Å². The molecule has 1 heterocycles. The van der Waals surface area contributed by atoms with Crippen molar-refractivity contribution in [1.82, 2.24) is 14.5 Å². The third-order valence-electron chi connectivity index (χ3n) is 6.14. The van der Waals surface area contributed by atoms with Crippen LogP contribution in [0.15, 0.2) is 77.6 Å². The Kier molecular flexibility index (Phi) is 7.53. The van der Waals surface area contributed by atoms with Crippen molar-refractivity contribution in [2.45, 2.75) is 26.3 Å². The van der Waals surface area contributed by atoms with E-state index < -0.39 is 6.04 Å². The molecular weight excluding hydrogens is 456 g/mol. The minimum atomic E-state index is -0.468. The molecule has 4 rings (SSSR count). The summed E-state index contributed by atoms with van der Waals surface area (Å²) in [5, 5.41) is 3.46. The molecule has 0 aliphatic heterocycles. The molecule has 1 N–H and O–H groups in total. The van der Waals surface area contributed by atoms with Gasteiger partial charge in [-0.05, 0) is 61.9 Å². The molecule has 0 aliphatic carbocycles. The van der Waals surface area contributed by atoms with Crippen LogP contribution < -0.4 is 20.3 Å². The van der Waals surface area contributed by atoms with Crippen LogP contribution in [-0.2, 0) is 0 Å². The third-order valence-corrected chi connectivity index (χ3v) is 6.14. The summed E-state index contributed by atoms with van der Waals surface area (Å²) < 4.78 is 12.3. The first-order chi connectivity index (χ1) is 17.5. The zero-order chi connectivity index (χ0) is 25.7. The van der Waals surface area contributed by atoms with Crippen molar-refractivity contribution in [3.63, 3.8) is 0 Å². The van der Waals surface area contributed by atoms with E-state index in [0.717, 1.165) is 0 Å². The number of urea groups is 1.